The molecule has 0 aromatic carbocycles. The number of rotatable bonds is 2. The van der Waals surface area contributed by atoms with Gasteiger partial charge in [0.15, 0.2) is 0 Å². The molecule has 0 bridgehead atoms. The summed E-state index contributed by atoms with van der Waals surface area (Å²) in [7, 11) is 0. The Labute approximate surface area is 85.9 Å². The molecule has 6 heteroatoms. The lowest BCUT2D eigenvalue weighted by atomic mass is 9.83. The van der Waals surface area contributed by atoms with E-state index in [4.69, 9.17) is 0 Å². The van der Waals surface area contributed by atoms with Crippen molar-refractivity contribution < 1.29 is 23.1 Å². The van der Waals surface area contributed by atoms with Crippen molar-refractivity contribution in [1.29, 1.82) is 0 Å². The molecule has 3 nitrogen and oxygen atoms in total. The SMILES string of the molecule is CC(C)C1(O)CN(C(=O)CC(F)(F)F)C1. The van der Waals surface area contributed by atoms with Crippen LogP contribution in [0, 0.1) is 5.92 Å². The van der Waals surface area contributed by atoms with Crippen molar-refractivity contribution in [3.63, 3.8) is 0 Å². The van der Waals surface area contributed by atoms with Crippen LogP contribution in [-0.2, 0) is 4.79 Å². The van der Waals surface area contributed by atoms with E-state index >= 15 is 0 Å². The number of alkyl halides is 3. The molecule has 88 valence electrons. The summed E-state index contributed by atoms with van der Waals surface area (Å²) in [4.78, 5) is 12.1. The van der Waals surface area contributed by atoms with Crippen molar-refractivity contribution in [3.8, 4) is 0 Å². The van der Waals surface area contributed by atoms with Gasteiger partial charge in [-0.25, -0.2) is 0 Å². The van der Waals surface area contributed by atoms with Crippen molar-refractivity contribution in [2.75, 3.05) is 13.1 Å². The molecule has 0 aromatic rings. The fourth-order valence-electron chi connectivity index (χ4n) is 1.44. The van der Waals surface area contributed by atoms with Gasteiger partial charge in [-0.2, -0.15) is 13.2 Å². The van der Waals surface area contributed by atoms with E-state index in [1.54, 1.807) is 13.8 Å². The zero-order valence-electron chi connectivity index (χ0n) is 8.64. The Morgan fingerprint density at radius 1 is 1.47 bits per heavy atom. The molecule has 0 aliphatic carbocycles. The standard InChI is InChI=1S/C9H14F3NO2/c1-6(2)8(15)4-13(5-8)7(14)3-9(10,11)12/h6,15H,3-5H2,1-2H3. The Balaban J connectivity index is 2.42. The Morgan fingerprint density at radius 2 is 1.93 bits per heavy atom. The van der Waals surface area contributed by atoms with Crippen molar-refractivity contribution in [2.24, 2.45) is 5.92 Å². The maximum Gasteiger partial charge on any atom is 0.397 e. The van der Waals surface area contributed by atoms with Crippen LogP contribution >= 0.6 is 0 Å². The second-order valence-electron chi connectivity index (χ2n) is 4.30. The average molecular weight is 225 g/mol. The molecular formula is C9H14F3NO2. The van der Waals surface area contributed by atoms with Crippen LogP contribution in [0.4, 0.5) is 13.2 Å². The number of halogens is 3. The van der Waals surface area contributed by atoms with Gasteiger partial charge in [-0.3, -0.25) is 4.79 Å². The predicted molar refractivity (Wildman–Crippen MR) is 47.0 cm³/mol. The topological polar surface area (TPSA) is 40.5 Å². The van der Waals surface area contributed by atoms with E-state index in [2.05, 4.69) is 0 Å². The number of amides is 1. The molecule has 1 fully saturated rings. The van der Waals surface area contributed by atoms with Gasteiger partial charge in [0.2, 0.25) is 5.91 Å². The van der Waals surface area contributed by atoms with Gasteiger partial charge in [0.25, 0.3) is 0 Å². The zero-order valence-corrected chi connectivity index (χ0v) is 8.64. The monoisotopic (exact) mass is 225 g/mol. The Bertz CT molecular complexity index is 257. The fraction of sp³-hybridized carbons (Fsp3) is 0.889. The summed E-state index contributed by atoms with van der Waals surface area (Å²) in [6.07, 6.45) is -5.91. The van der Waals surface area contributed by atoms with Crippen LogP contribution in [0.2, 0.25) is 0 Å². The van der Waals surface area contributed by atoms with E-state index < -0.39 is 24.1 Å². The van der Waals surface area contributed by atoms with Gasteiger partial charge in [0.05, 0.1) is 13.1 Å². The van der Waals surface area contributed by atoms with Gasteiger partial charge in [-0.1, -0.05) is 13.8 Å². The summed E-state index contributed by atoms with van der Waals surface area (Å²) in [6, 6.07) is 0. The van der Waals surface area contributed by atoms with Crippen LogP contribution in [0.5, 0.6) is 0 Å². The van der Waals surface area contributed by atoms with E-state index in [-0.39, 0.29) is 19.0 Å². The molecule has 0 saturated carbocycles. The third-order valence-electron chi connectivity index (χ3n) is 2.71. The highest BCUT2D eigenvalue weighted by Crippen LogP contribution is 2.30. The largest absolute Gasteiger partial charge is 0.397 e. The summed E-state index contributed by atoms with van der Waals surface area (Å²) in [5.41, 5.74) is -1.01. The maximum atomic E-state index is 11.9. The summed E-state index contributed by atoms with van der Waals surface area (Å²) in [5, 5.41) is 9.73. The fourth-order valence-corrected chi connectivity index (χ4v) is 1.44. The van der Waals surface area contributed by atoms with Crippen LogP contribution in [0.25, 0.3) is 0 Å². The van der Waals surface area contributed by atoms with Gasteiger partial charge in [0, 0.05) is 0 Å². The zero-order chi connectivity index (χ0) is 11.9. The summed E-state index contributed by atoms with van der Waals surface area (Å²) < 4.78 is 35.6. The van der Waals surface area contributed by atoms with E-state index in [1.807, 2.05) is 0 Å². The molecule has 1 aliphatic heterocycles. The average Bonchev–Trinajstić information content (AvgIpc) is 1.94. The minimum atomic E-state index is -4.47. The van der Waals surface area contributed by atoms with Gasteiger partial charge >= 0.3 is 6.18 Å². The smallest absolute Gasteiger partial charge is 0.386 e. The summed E-state index contributed by atoms with van der Waals surface area (Å²) in [6.45, 7) is 3.54. The first-order valence-electron chi connectivity index (χ1n) is 4.71. The molecule has 0 spiro atoms. The van der Waals surface area contributed by atoms with Crippen LogP contribution in [0.3, 0.4) is 0 Å². The molecule has 1 saturated heterocycles. The maximum absolute atomic E-state index is 11.9. The van der Waals surface area contributed by atoms with E-state index in [1.165, 1.54) is 0 Å². The molecule has 1 rings (SSSR count). The Morgan fingerprint density at radius 3 is 2.27 bits per heavy atom. The molecule has 15 heavy (non-hydrogen) atoms. The number of likely N-dealkylation sites (tertiary alicyclic amines) is 1. The van der Waals surface area contributed by atoms with Crippen molar-refractivity contribution in [3.05, 3.63) is 0 Å². The molecule has 0 aromatic heterocycles. The van der Waals surface area contributed by atoms with E-state index in [0.29, 0.717) is 0 Å². The highest BCUT2D eigenvalue weighted by Gasteiger charge is 2.47. The number of β-amino-alcohol motifs (C(OH)–C–C–N with tert-alkyl or cyclic N) is 1. The summed E-state index contributed by atoms with van der Waals surface area (Å²) in [5.74, 6) is -1.03. The predicted octanol–water partition coefficient (Wildman–Crippen LogP) is 1.17. The summed E-state index contributed by atoms with van der Waals surface area (Å²) >= 11 is 0. The number of nitrogens with zero attached hydrogens (tertiary/aromatic N) is 1. The van der Waals surface area contributed by atoms with Crippen molar-refractivity contribution in [1.82, 2.24) is 4.90 Å². The third kappa shape index (κ3) is 2.84. The van der Waals surface area contributed by atoms with Gasteiger partial charge in [-0.05, 0) is 5.92 Å². The number of hydrogen-bond acceptors (Lipinski definition) is 2. The quantitative estimate of drug-likeness (QED) is 0.766. The van der Waals surface area contributed by atoms with Crippen molar-refractivity contribution in [2.45, 2.75) is 32.0 Å². The second-order valence-corrected chi connectivity index (χ2v) is 4.30. The van der Waals surface area contributed by atoms with Crippen LogP contribution < -0.4 is 0 Å². The minimum absolute atomic E-state index is 0.000417. The molecule has 1 heterocycles. The lowest BCUT2D eigenvalue weighted by Crippen LogP contribution is -2.66. The van der Waals surface area contributed by atoms with Gasteiger partial charge in [-0.15, -0.1) is 0 Å². The highest BCUT2D eigenvalue weighted by molar-refractivity contribution is 5.78. The molecule has 1 aliphatic rings. The molecule has 0 radical (unpaired) electrons. The third-order valence-corrected chi connectivity index (χ3v) is 2.71. The number of carbonyl (C=O) groups excluding carboxylic acids is 1. The minimum Gasteiger partial charge on any atom is -0.386 e. The van der Waals surface area contributed by atoms with Gasteiger partial charge in [0.1, 0.15) is 12.0 Å². The molecule has 1 N–H and O–H groups in total. The van der Waals surface area contributed by atoms with E-state index in [9.17, 15) is 23.1 Å². The lowest BCUT2D eigenvalue weighted by molar-refractivity contribution is -0.182. The van der Waals surface area contributed by atoms with Crippen LogP contribution in [0.15, 0.2) is 0 Å². The van der Waals surface area contributed by atoms with Crippen LogP contribution in [0.1, 0.15) is 20.3 Å². The number of hydrogen-bond donors (Lipinski definition) is 1. The first-order chi connectivity index (χ1) is 6.64. The van der Waals surface area contributed by atoms with Crippen LogP contribution in [-0.4, -0.2) is 40.8 Å². The molecule has 0 unspecified atom stereocenters. The first kappa shape index (κ1) is 12.3. The molecule has 0 atom stereocenters. The van der Waals surface area contributed by atoms with Gasteiger partial charge < -0.3 is 10.0 Å². The van der Waals surface area contributed by atoms with Crippen molar-refractivity contribution >= 4 is 5.91 Å². The first-order valence-corrected chi connectivity index (χ1v) is 4.71. The number of carbonyl (C=O) groups is 1. The highest BCUT2D eigenvalue weighted by atomic mass is 19.4. The van der Waals surface area contributed by atoms with E-state index in [0.717, 1.165) is 4.90 Å². The Kier molecular flexibility index (Phi) is 3.00. The number of aliphatic hydroxyl groups is 1. The lowest BCUT2D eigenvalue weighted by Gasteiger charge is -2.49. The molecule has 1 amide bonds. The second kappa shape index (κ2) is 3.66. The normalized spacial score (nSPS) is 20.3. The Hall–Kier alpha value is -0.780. The molecular weight excluding hydrogens is 211 g/mol.